The Morgan fingerprint density at radius 1 is 0.935 bits per heavy atom. The van der Waals surface area contributed by atoms with Crippen molar-refractivity contribution in [1.29, 1.82) is 0 Å². The Kier molecular flexibility index (Phi) is 10.6. The molecule has 3 N–H and O–H groups in total. The predicted octanol–water partition coefficient (Wildman–Crippen LogP) is 5.11. The van der Waals surface area contributed by atoms with Gasteiger partial charge in [-0.15, -0.1) is 0 Å². The molecular weight excluding hydrogens is 604 g/mol. The Bertz CT molecular complexity index is 1490. The molecule has 46 heavy (non-hydrogen) atoms. The first-order valence-electron chi connectivity index (χ1n) is 16.8. The number of benzene rings is 2. The van der Waals surface area contributed by atoms with Gasteiger partial charge in [-0.2, -0.15) is 0 Å². The van der Waals surface area contributed by atoms with Gasteiger partial charge in [0.1, 0.15) is 17.2 Å². The van der Waals surface area contributed by atoms with Crippen LogP contribution in [0.2, 0.25) is 5.02 Å². The Hall–Kier alpha value is -3.40. The monoisotopic (exact) mass is 648 g/mol. The molecule has 3 heterocycles. The molecule has 246 valence electrons. The zero-order valence-corrected chi connectivity index (χ0v) is 27.2. The summed E-state index contributed by atoms with van der Waals surface area (Å²) in [6, 6.07) is 15.8. The van der Waals surface area contributed by atoms with Gasteiger partial charge in [0, 0.05) is 49.2 Å². The highest BCUT2D eigenvalue weighted by Gasteiger charge is 2.44. The van der Waals surface area contributed by atoms with Gasteiger partial charge >= 0.3 is 0 Å². The van der Waals surface area contributed by atoms with Gasteiger partial charge in [-0.1, -0.05) is 54.8 Å². The minimum Gasteiger partial charge on any atom is -0.451 e. The maximum atomic E-state index is 14.0. The maximum absolute atomic E-state index is 14.0. The van der Waals surface area contributed by atoms with E-state index in [1.54, 1.807) is 24.3 Å². The third-order valence-electron chi connectivity index (χ3n) is 9.98. The van der Waals surface area contributed by atoms with Crippen LogP contribution in [0.25, 0.3) is 11.0 Å². The van der Waals surface area contributed by atoms with E-state index >= 15 is 0 Å². The lowest BCUT2D eigenvalue weighted by Gasteiger charge is -2.35. The summed E-state index contributed by atoms with van der Waals surface area (Å²) in [6.07, 6.45) is 7.31. The highest BCUT2D eigenvalue weighted by Crippen LogP contribution is 2.32. The summed E-state index contributed by atoms with van der Waals surface area (Å²) in [7, 11) is 0. The van der Waals surface area contributed by atoms with Crippen LogP contribution < -0.4 is 16.0 Å². The molecule has 2 saturated heterocycles. The number of hydrogen-bond acceptors (Lipinski definition) is 6. The van der Waals surface area contributed by atoms with Crippen molar-refractivity contribution in [2.45, 2.75) is 69.4 Å². The second kappa shape index (κ2) is 15.0. The number of halogens is 1. The largest absolute Gasteiger partial charge is 0.451 e. The molecule has 0 radical (unpaired) electrons. The molecule has 0 spiro atoms. The van der Waals surface area contributed by atoms with Crippen LogP contribution in [0.1, 0.15) is 67.5 Å². The van der Waals surface area contributed by atoms with Gasteiger partial charge in [-0.3, -0.25) is 14.4 Å². The first kappa shape index (κ1) is 32.5. The van der Waals surface area contributed by atoms with Crippen LogP contribution in [0.5, 0.6) is 0 Å². The van der Waals surface area contributed by atoms with Crippen molar-refractivity contribution in [3.05, 3.63) is 70.9 Å². The molecule has 0 unspecified atom stereocenters. The van der Waals surface area contributed by atoms with E-state index < -0.39 is 17.5 Å². The van der Waals surface area contributed by atoms with Crippen molar-refractivity contribution in [2.24, 2.45) is 11.8 Å². The van der Waals surface area contributed by atoms with E-state index in [0.717, 1.165) is 88.2 Å². The number of hydrogen-bond donors (Lipinski definition) is 3. The number of nitrogens with zero attached hydrogens (tertiary/aromatic N) is 1. The van der Waals surface area contributed by atoms with Crippen LogP contribution in [-0.4, -0.2) is 73.6 Å². The minimum atomic E-state index is -1.12. The number of furan rings is 1. The van der Waals surface area contributed by atoms with Gasteiger partial charge in [0.15, 0.2) is 5.76 Å². The lowest BCUT2D eigenvalue weighted by molar-refractivity contribution is -0.132. The number of rotatable bonds is 11. The smallest absolute Gasteiger partial charge is 0.287 e. The number of fused-ring (bicyclic) bond motifs is 1. The fourth-order valence-corrected chi connectivity index (χ4v) is 7.34. The molecule has 3 amide bonds. The van der Waals surface area contributed by atoms with Crippen molar-refractivity contribution in [1.82, 2.24) is 20.9 Å². The predicted molar refractivity (Wildman–Crippen MR) is 178 cm³/mol. The molecule has 9 nitrogen and oxygen atoms in total. The van der Waals surface area contributed by atoms with Gasteiger partial charge in [0.25, 0.3) is 5.91 Å². The van der Waals surface area contributed by atoms with Crippen LogP contribution in [0.15, 0.2) is 59.0 Å². The zero-order chi connectivity index (χ0) is 31.9. The van der Waals surface area contributed by atoms with Gasteiger partial charge < -0.3 is 30.0 Å². The van der Waals surface area contributed by atoms with E-state index in [1.807, 2.05) is 30.3 Å². The second-order valence-electron chi connectivity index (χ2n) is 13.3. The molecular formula is C36H45ClN4O5. The third kappa shape index (κ3) is 8.11. The summed E-state index contributed by atoms with van der Waals surface area (Å²) in [6.45, 7) is 5.56. The molecule has 2 aromatic carbocycles. The van der Waals surface area contributed by atoms with Gasteiger partial charge in [0.05, 0.1) is 0 Å². The summed E-state index contributed by atoms with van der Waals surface area (Å²) >= 11 is 6.09. The van der Waals surface area contributed by atoms with Crippen LogP contribution in [0.4, 0.5) is 0 Å². The van der Waals surface area contributed by atoms with E-state index in [2.05, 4.69) is 20.9 Å². The Morgan fingerprint density at radius 3 is 2.41 bits per heavy atom. The van der Waals surface area contributed by atoms with E-state index in [-0.39, 0.29) is 17.6 Å². The van der Waals surface area contributed by atoms with Crippen molar-refractivity contribution >= 4 is 40.3 Å². The van der Waals surface area contributed by atoms with E-state index in [9.17, 15) is 14.4 Å². The Balaban J connectivity index is 1.08. The van der Waals surface area contributed by atoms with Crippen LogP contribution >= 0.6 is 11.6 Å². The first-order valence-corrected chi connectivity index (χ1v) is 17.2. The van der Waals surface area contributed by atoms with Crippen LogP contribution in [-0.2, 0) is 20.7 Å². The molecule has 10 heteroatoms. The van der Waals surface area contributed by atoms with Crippen molar-refractivity contribution < 1.29 is 23.5 Å². The van der Waals surface area contributed by atoms with Crippen LogP contribution in [0, 0.1) is 11.8 Å². The molecule has 3 fully saturated rings. The number of likely N-dealkylation sites (tertiary alicyclic amines) is 1. The molecule has 0 bridgehead atoms. The average molecular weight is 649 g/mol. The number of carbonyl (C=O) groups is 3. The summed E-state index contributed by atoms with van der Waals surface area (Å²) < 4.78 is 11.3. The lowest BCUT2D eigenvalue weighted by Crippen LogP contribution is -2.61. The topological polar surface area (TPSA) is 113 Å². The third-order valence-corrected chi connectivity index (χ3v) is 10.2. The number of amides is 3. The fourth-order valence-electron chi connectivity index (χ4n) is 7.17. The van der Waals surface area contributed by atoms with Gasteiger partial charge in [-0.05, 0) is 87.2 Å². The van der Waals surface area contributed by atoms with E-state index in [4.69, 9.17) is 20.8 Å². The van der Waals surface area contributed by atoms with Crippen molar-refractivity contribution in [3.63, 3.8) is 0 Å². The molecule has 1 aromatic heterocycles. The normalized spacial score (nSPS) is 19.9. The maximum Gasteiger partial charge on any atom is 0.287 e. The zero-order valence-electron chi connectivity index (χ0n) is 26.4. The summed E-state index contributed by atoms with van der Waals surface area (Å²) in [5, 5.41) is 10.5. The molecule has 3 aliphatic rings. The number of nitrogens with one attached hydrogen (secondary N) is 3. The van der Waals surface area contributed by atoms with E-state index in [1.165, 1.54) is 0 Å². The van der Waals surface area contributed by atoms with Gasteiger partial charge in [0.2, 0.25) is 11.8 Å². The Labute approximate surface area is 275 Å². The summed E-state index contributed by atoms with van der Waals surface area (Å²) in [4.78, 5) is 43.6. The second-order valence-corrected chi connectivity index (χ2v) is 13.7. The standard InChI is InChI=1S/C36H45ClN4O5/c37-29-9-8-28-21-32(46-31(28)22-29)34(43)40-36(14-4-5-15-36)35(44)39-30(20-25-6-2-1-3-7-25)33(42)38-23-26-10-16-41(17-11-26)24-27-12-18-45-19-13-27/h1-3,6-9,21-22,26-27,30H,4-5,10-20,23-24H2,(H,38,42)(H,39,44)(H,40,43)/t30-/m1/s1. The fraction of sp³-hybridized carbons (Fsp3) is 0.528. The molecule has 1 aliphatic carbocycles. The Morgan fingerprint density at radius 2 is 1.67 bits per heavy atom. The molecule has 3 aromatic rings. The van der Waals surface area contributed by atoms with Crippen molar-refractivity contribution in [2.75, 3.05) is 39.4 Å². The number of carbonyl (C=O) groups excluding carboxylic acids is 3. The lowest BCUT2D eigenvalue weighted by atomic mass is 9.93. The van der Waals surface area contributed by atoms with Crippen LogP contribution in [0.3, 0.4) is 0 Å². The molecule has 2 aliphatic heterocycles. The highest BCUT2D eigenvalue weighted by molar-refractivity contribution is 6.31. The molecule has 1 saturated carbocycles. The average Bonchev–Trinajstić information content (AvgIpc) is 3.73. The SMILES string of the molecule is O=C(NC1(C(=O)N[C@H](Cc2ccccc2)C(=O)NCC2CCN(CC3CCOCC3)CC2)CCCC1)c1cc2ccc(Cl)cc2o1. The summed E-state index contributed by atoms with van der Waals surface area (Å²) in [5.74, 6) is 0.246. The van der Waals surface area contributed by atoms with Crippen molar-refractivity contribution in [3.8, 4) is 0 Å². The van der Waals surface area contributed by atoms with Gasteiger partial charge in [-0.25, -0.2) is 0 Å². The molecule has 1 atom stereocenters. The highest BCUT2D eigenvalue weighted by atomic mass is 35.5. The first-order chi connectivity index (χ1) is 22.4. The number of ether oxygens (including phenoxy) is 1. The number of piperidine rings is 1. The summed E-state index contributed by atoms with van der Waals surface area (Å²) in [5.41, 5.74) is 0.335. The quantitative estimate of drug-likeness (QED) is 0.266. The molecule has 6 rings (SSSR count). The minimum absolute atomic E-state index is 0.119. The van der Waals surface area contributed by atoms with E-state index in [0.29, 0.717) is 42.3 Å².